The number of sulfonamides is 1. The summed E-state index contributed by atoms with van der Waals surface area (Å²) in [4.78, 5) is -0.475. The van der Waals surface area contributed by atoms with Crippen molar-refractivity contribution in [2.45, 2.75) is 61.8 Å². The first-order valence-corrected chi connectivity index (χ1v) is 15.5. The third-order valence-corrected chi connectivity index (χ3v) is 10.6. The highest BCUT2D eigenvalue weighted by Crippen LogP contribution is 2.28. The van der Waals surface area contributed by atoms with Gasteiger partial charge < -0.3 is 0 Å². The number of hydrogen-bond acceptors (Lipinski definition) is 8. The Hall–Kier alpha value is -2.61. The van der Waals surface area contributed by atoms with Crippen LogP contribution in [0.15, 0.2) is 87.5 Å². The topological polar surface area (TPSA) is 124 Å². The van der Waals surface area contributed by atoms with Crippen molar-refractivity contribution in [3.8, 4) is 0 Å². The summed E-state index contributed by atoms with van der Waals surface area (Å²) in [6.07, 6.45) is -3.34. The van der Waals surface area contributed by atoms with Gasteiger partial charge in [-0.2, -0.15) is 16.8 Å². The van der Waals surface area contributed by atoms with Crippen molar-refractivity contribution in [2.75, 3.05) is 0 Å². The van der Waals surface area contributed by atoms with Crippen molar-refractivity contribution in [1.29, 1.82) is 0 Å². The van der Waals surface area contributed by atoms with E-state index in [1.54, 1.807) is 57.2 Å². The van der Waals surface area contributed by atoms with Crippen molar-refractivity contribution >= 4 is 30.3 Å². The van der Waals surface area contributed by atoms with Crippen molar-refractivity contribution in [1.82, 2.24) is 4.31 Å². The van der Waals surface area contributed by atoms with Crippen LogP contribution in [-0.2, 0) is 38.6 Å². The van der Waals surface area contributed by atoms with E-state index in [2.05, 4.69) is 0 Å². The van der Waals surface area contributed by atoms with Gasteiger partial charge in [0.1, 0.15) is 12.5 Å². The molecule has 0 radical (unpaired) electrons. The molecule has 0 N–H and O–H groups in total. The van der Waals surface area contributed by atoms with Gasteiger partial charge in [0.25, 0.3) is 20.2 Å². The fourth-order valence-electron chi connectivity index (χ4n) is 3.75. The number of rotatable bonds is 10. The second-order valence-corrected chi connectivity index (χ2v) is 13.4. The van der Waals surface area contributed by atoms with E-state index in [1.807, 2.05) is 0 Å². The Morgan fingerprint density at radius 2 is 0.973 bits per heavy atom. The van der Waals surface area contributed by atoms with Crippen molar-refractivity contribution < 1.29 is 33.6 Å². The Labute approximate surface area is 219 Å². The SMILES string of the molecule is Cc1ccc(S(=O)(=O)N(C(C)OS(=O)(=O)c2ccccc2C)C(C)OS(=O)(=O)c2ccccc2C)cc1. The molecule has 200 valence electrons. The second kappa shape index (κ2) is 11.0. The van der Waals surface area contributed by atoms with Gasteiger partial charge in [0, 0.05) is 0 Å². The zero-order valence-corrected chi connectivity index (χ0v) is 23.5. The van der Waals surface area contributed by atoms with Crippen LogP contribution in [0.2, 0.25) is 0 Å². The molecule has 0 spiro atoms. The van der Waals surface area contributed by atoms with Gasteiger partial charge in [-0.25, -0.2) is 16.8 Å². The minimum Gasteiger partial charge on any atom is -0.246 e. The first kappa shape index (κ1) is 29.0. The predicted molar refractivity (Wildman–Crippen MR) is 138 cm³/mol. The van der Waals surface area contributed by atoms with Crippen LogP contribution >= 0.6 is 0 Å². The van der Waals surface area contributed by atoms with Crippen LogP contribution in [0.1, 0.15) is 30.5 Å². The summed E-state index contributed by atoms with van der Waals surface area (Å²) in [7, 11) is -13.4. The molecule has 0 saturated carbocycles. The summed E-state index contributed by atoms with van der Waals surface area (Å²) in [6.45, 7) is 7.31. The minimum absolute atomic E-state index is 0.143. The van der Waals surface area contributed by atoms with Gasteiger partial charge in [-0.05, 0) is 70.0 Å². The average molecular weight is 568 g/mol. The van der Waals surface area contributed by atoms with Gasteiger partial charge in [0.2, 0.25) is 10.0 Å². The zero-order valence-electron chi connectivity index (χ0n) is 21.0. The molecule has 37 heavy (non-hydrogen) atoms. The van der Waals surface area contributed by atoms with Gasteiger partial charge in [0.15, 0.2) is 0 Å². The van der Waals surface area contributed by atoms with E-state index < -0.39 is 42.7 Å². The number of benzene rings is 3. The molecular weight excluding hydrogens is 538 g/mol. The Balaban J connectivity index is 2.06. The molecule has 0 heterocycles. The molecule has 9 nitrogen and oxygen atoms in total. The maximum absolute atomic E-state index is 13.7. The molecule has 0 amide bonds. The molecule has 0 aliphatic rings. The van der Waals surface area contributed by atoms with Gasteiger partial charge in [-0.3, -0.25) is 0 Å². The quantitative estimate of drug-likeness (QED) is 0.265. The van der Waals surface area contributed by atoms with Crippen LogP contribution in [-0.4, -0.2) is 42.0 Å². The zero-order chi connectivity index (χ0) is 27.6. The van der Waals surface area contributed by atoms with Crippen LogP contribution in [0, 0.1) is 20.8 Å². The predicted octanol–water partition coefficient (Wildman–Crippen LogP) is 4.11. The molecule has 3 aromatic rings. The maximum Gasteiger partial charge on any atom is 0.298 e. The van der Waals surface area contributed by atoms with Crippen molar-refractivity contribution in [3.05, 3.63) is 89.5 Å². The van der Waals surface area contributed by atoms with E-state index in [4.69, 9.17) is 8.37 Å². The summed E-state index contributed by atoms with van der Waals surface area (Å²) in [5.41, 5.74) is 1.59. The smallest absolute Gasteiger partial charge is 0.246 e. The number of aryl methyl sites for hydroxylation is 3. The van der Waals surface area contributed by atoms with Crippen molar-refractivity contribution in [3.63, 3.8) is 0 Å². The molecular formula is C25H29NO8S3. The third-order valence-electron chi connectivity index (χ3n) is 5.57. The Bertz CT molecular complexity index is 1500. The van der Waals surface area contributed by atoms with E-state index in [0.717, 1.165) is 5.56 Å². The van der Waals surface area contributed by atoms with Crippen LogP contribution in [0.3, 0.4) is 0 Å². The summed E-state index contributed by atoms with van der Waals surface area (Å²) in [5.74, 6) is 0. The highest BCUT2D eigenvalue weighted by molar-refractivity contribution is 7.89. The molecule has 0 fully saturated rings. The summed E-state index contributed by atoms with van der Waals surface area (Å²) in [5, 5.41) is 0. The normalized spacial score (nSPS) is 14.4. The molecule has 0 aliphatic heterocycles. The molecule has 3 aromatic carbocycles. The van der Waals surface area contributed by atoms with E-state index in [1.165, 1.54) is 50.2 Å². The Morgan fingerprint density at radius 1 is 0.595 bits per heavy atom. The summed E-state index contributed by atoms with van der Waals surface area (Å²) in [6, 6.07) is 17.9. The van der Waals surface area contributed by atoms with E-state index in [9.17, 15) is 25.3 Å². The molecule has 0 aromatic heterocycles. The molecule has 12 heteroatoms. The second-order valence-electron chi connectivity index (χ2n) is 8.48. The Kier molecular flexibility index (Phi) is 8.62. The molecule has 2 unspecified atom stereocenters. The van der Waals surface area contributed by atoms with Gasteiger partial charge in [-0.15, -0.1) is 4.31 Å². The number of nitrogens with zero attached hydrogens (tertiary/aromatic N) is 1. The van der Waals surface area contributed by atoms with Gasteiger partial charge in [-0.1, -0.05) is 54.1 Å². The first-order chi connectivity index (χ1) is 17.2. The summed E-state index contributed by atoms with van der Waals surface area (Å²) < 4.78 is 90.8. The summed E-state index contributed by atoms with van der Waals surface area (Å²) >= 11 is 0. The number of hydrogen-bond donors (Lipinski definition) is 0. The monoisotopic (exact) mass is 567 g/mol. The lowest BCUT2D eigenvalue weighted by Crippen LogP contribution is -2.48. The van der Waals surface area contributed by atoms with Crippen LogP contribution in [0.5, 0.6) is 0 Å². The molecule has 3 rings (SSSR count). The Morgan fingerprint density at radius 3 is 1.35 bits per heavy atom. The van der Waals surface area contributed by atoms with Crippen molar-refractivity contribution in [2.24, 2.45) is 0 Å². The molecule has 0 bridgehead atoms. The average Bonchev–Trinajstić information content (AvgIpc) is 2.78. The first-order valence-electron chi connectivity index (χ1n) is 11.2. The van der Waals surface area contributed by atoms with Gasteiger partial charge >= 0.3 is 0 Å². The highest BCUT2D eigenvalue weighted by Gasteiger charge is 2.39. The maximum atomic E-state index is 13.7. The largest absolute Gasteiger partial charge is 0.298 e. The lowest BCUT2D eigenvalue weighted by atomic mass is 10.2. The fraction of sp³-hybridized carbons (Fsp3) is 0.280. The van der Waals surface area contributed by atoms with E-state index >= 15 is 0 Å². The van der Waals surface area contributed by atoms with Gasteiger partial charge in [0.05, 0.1) is 14.7 Å². The molecule has 2 atom stereocenters. The third kappa shape index (κ3) is 6.46. The van der Waals surface area contributed by atoms with Crippen LogP contribution < -0.4 is 0 Å². The standard InChI is InChI=1S/C25H29NO8S3/c1-18-14-16-23(17-15-18)35(27,28)26(21(4)33-36(29,30)24-12-8-6-10-19(24)2)22(5)34-37(31,32)25-13-9-7-11-20(25)3/h6-17,21-22H,1-5H3. The minimum atomic E-state index is -4.49. The highest BCUT2D eigenvalue weighted by atomic mass is 32.2. The van der Waals surface area contributed by atoms with E-state index in [0.29, 0.717) is 15.4 Å². The van der Waals surface area contributed by atoms with Crippen LogP contribution in [0.25, 0.3) is 0 Å². The lowest BCUT2D eigenvalue weighted by Gasteiger charge is -2.32. The van der Waals surface area contributed by atoms with Crippen LogP contribution in [0.4, 0.5) is 0 Å². The molecule has 0 saturated heterocycles. The fourth-order valence-corrected chi connectivity index (χ4v) is 7.99. The van der Waals surface area contributed by atoms with E-state index in [-0.39, 0.29) is 14.7 Å². The lowest BCUT2D eigenvalue weighted by molar-refractivity contribution is 0.0100. The molecule has 0 aliphatic carbocycles.